The Morgan fingerprint density at radius 2 is 1.57 bits per heavy atom. The van der Waals surface area contributed by atoms with Crippen molar-refractivity contribution in [3.8, 4) is 34.0 Å². The molecule has 0 saturated carbocycles. The molecule has 0 atom stereocenters. The van der Waals surface area contributed by atoms with E-state index in [4.69, 9.17) is 9.84 Å². The first-order valence-electron chi connectivity index (χ1n) is 8.70. The van der Waals surface area contributed by atoms with Gasteiger partial charge in [-0.2, -0.15) is 5.10 Å². The molecule has 1 aromatic heterocycles. The number of methoxy groups -OCH3 is 1. The molecule has 138 valence electrons. The molecule has 0 aliphatic rings. The highest BCUT2D eigenvalue weighted by Gasteiger charge is 2.14. The standard InChI is InChI=1S/C22H17N3O3/c1-28-20-13-7-16(8-14-20)21-15-22(17-5-3-2-4-6-17)24(23-21)18-9-11-19(12-10-18)25(26)27/h2-15H,1H3. The molecule has 0 aliphatic heterocycles. The van der Waals surface area contributed by atoms with Gasteiger partial charge >= 0.3 is 0 Å². The fourth-order valence-corrected chi connectivity index (χ4v) is 3.01. The van der Waals surface area contributed by atoms with Gasteiger partial charge < -0.3 is 4.74 Å². The van der Waals surface area contributed by atoms with E-state index in [9.17, 15) is 10.1 Å². The minimum absolute atomic E-state index is 0.0487. The molecule has 28 heavy (non-hydrogen) atoms. The fourth-order valence-electron chi connectivity index (χ4n) is 3.01. The third kappa shape index (κ3) is 3.35. The second-order valence-electron chi connectivity index (χ2n) is 6.19. The third-order valence-corrected chi connectivity index (χ3v) is 4.47. The predicted octanol–water partition coefficient (Wildman–Crippen LogP) is 5.12. The SMILES string of the molecule is COc1ccc(-c2cc(-c3ccccc3)n(-c3ccc([N+](=O)[O-])cc3)n2)cc1. The van der Waals surface area contributed by atoms with E-state index in [2.05, 4.69) is 0 Å². The number of nitrogens with zero attached hydrogens (tertiary/aromatic N) is 3. The molecule has 3 aromatic carbocycles. The van der Waals surface area contributed by atoms with E-state index in [0.29, 0.717) is 0 Å². The van der Waals surface area contributed by atoms with Crippen molar-refractivity contribution in [1.29, 1.82) is 0 Å². The molecule has 0 amide bonds. The lowest BCUT2D eigenvalue weighted by atomic mass is 10.1. The van der Waals surface area contributed by atoms with Crippen molar-refractivity contribution >= 4 is 5.69 Å². The maximum Gasteiger partial charge on any atom is 0.269 e. The Morgan fingerprint density at radius 3 is 2.18 bits per heavy atom. The number of nitro benzene ring substituents is 1. The van der Waals surface area contributed by atoms with E-state index in [-0.39, 0.29) is 5.69 Å². The zero-order valence-electron chi connectivity index (χ0n) is 15.1. The average Bonchev–Trinajstić information content (AvgIpc) is 3.20. The van der Waals surface area contributed by atoms with Crippen LogP contribution in [-0.2, 0) is 0 Å². The quantitative estimate of drug-likeness (QED) is 0.360. The number of non-ortho nitro benzene ring substituents is 1. The topological polar surface area (TPSA) is 70.2 Å². The molecule has 0 bridgehead atoms. The molecule has 4 aromatic rings. The van der Waals surface area contributed by atoms with Crippen LogP contribution in [0, 0.1) is 10.1 Å². The largest absolute Gasteiger partial charge is 0.497 e. The average molecular weight is 371 g/mol. The van der Waals surface area contributed by atoms with Gasteiger partial charge in [0.15, 0.2) is 0 Å². The van der Waals surface area contributed by atoms with Crippen LogP contribution in [0.3, 0.4) is 0 Å². The summed E-state index contributed by atoms with van der Waals surface area (Å²) >= 11 is 0. The highest BCUT2D eigenvalue weighted by Crippen LogP contribution is 2.30. The van der Waals surface area contributed by atoms with E-state index < -0.39 is 4.92 Å². The van der Waals surface area contributed by atoms with Crippen LogP contribution in [0.15, 0.2) is 84.9 Å². The van der Waals surface area contributed by atoms with Crippen LogP contribution in [0.5, 0.6) is 5.75 Å². The van der Waals surface area contributed by atoms with E-state index in [0.717, 1.165) is 34.0 Å². The lowest BCUT2D eigenvalue weighted by Gasteiger charge is -2.07. The number of benzene rings is 3. The molecule has 0 radical (unpaired) electrons. The Bertz CT molecular complexity index is 1100. The zero-order valence-corrected chi connectivity index (χ0v) is 15.1. The second kappa shape index (κ2) is 7.36. The van der Waals surface area contributed by atoms with Gasteiger partial charge in [-0.3, -0.25) is 10.1 Å². The summed E-state index contributed by atoms with van der Waals surface area (Å²) in [7, 11) is 1.63. The van der Waals surface area contributed by atoms with Gasteiger partial charge in [0.1, 0.15) is 5.75 Å². The summed E-state index contributed by atoms with van der Waals surface area (Å²) < 4.78 is 7.03. The lowest BCUT2D eigenvalue weighted by Crippen LogP contribution is -1.99. The molecule has 6 heteroatoms. The van der Waals surface area contributed by atoms with Crippen molar-refractivity contribution < 1.29 is 9.66 Å². The molecular formula is C22H17N3O3. The van der Waals surface area contributed by atoms with Gasteiger partial charge in [0, 0.05) is 23.3 Å². The van der Waals surface area contributed by atoms with Crippen LogP contribution in [0.2, 0.25) is 0 Å². The first-order valence-corrected chi connectivity index (χ1v) is 8.70. The smallest absolute Gasteiger partial charge is 0.269 e. The first-order chi connectivity index (χ1) is 13.7. The number of hydrogen-bond donors (Lipinski definition) is 0. The molecule has 0 saturated heterocycles. The maximum absolute atomic E-state index is 11.0. The first kappa shape index (κ1) is 17.5. The Balaban J connectivity index is 1.83. The molecule has 1 heterocycles. The molecule has 0 N–H and O–H groups in total. The van der Waals surface area contributed by atoms with Crippen molar-refractivity contribution in [2.75, 3.05) is 7.11 Å². The Labute approximate surface area is 161 Å². The second-order valence-corrected chi connectivity index (χ2v) is 6.19. The molecule has 0 aliphatic carbocycles. The van der Waals surface area contributed by atoms with Gasteiger partial charge in [-0.1, -0.05) is 30.3 Å². The Kier molecular flexibility index (Phi) is 4.60. The highest BCUT2D eigenvalue weighted by molar-refractivity contribution is 5.71. The van der Waals surface area contributed by atoms with Gasteiger partial charge in [-0.25, -0.2) is 4.68 Å². The summed E-state index contributed by atoms with van der Waals surface area (Å²) in [4.78, 5) is 10.5. The van der Waals surface area contributed by atoms with Crippen LogP contribution in [0.4, 0.5) is 5.69 Å². The Hall–Kier alpha value is -3.93. The predicted molar refractivity (Wildman–Crippen MR) is 108 cm³/mol. The molecule has 4 rings (SSSR count). The van der Waals surface area contributed by atoms with Crippen LogP contribution in [0.25, 0.3) is 28.2 Å². The number of nitro groups is 1. The van der Waals surface area contributed by atoms with Crippen molar-refractivity contribution in [1.82, 2.24) is 9.78 Å². The van der Waals surface area contributed by atoms with Gasteiger partial charge in [0.25, 0.3) is 5.69 Å². The van der Waals surface area contributed by atoms with E-state index in [1.807, 2.05) is 60.7 Å². The van der Waals surface area contributed by atoms with Crippen molar-refractivity contribution in [3.05, 3.63) is 95.0 Å². The van der Waals surface area contributed by atoms with Crippen molar-refractivity contribution in [3.63, 3.8) is 0 Å². The zero-order chi connectivity index (χ0) is 19.5. The van der Waals surface area contributed by atoms with Crippen LogP contribution in [0.1, 0.15) is 0 Å². The number of hydrogen-bond acceptors (Lipinski definition) is 4. The van der Waals surface area contributed by atoms with Crippen molar-refractivity contribution in [2.24, 2.45) is 0 Å². The minimum Gasteiger partial charge on any atom is -0.497 e. The van der Waals surface area contributed by atoms with Crippen LogP contribution in [-0.4, -0.2) is 21.8 Å². The van der Waals surface area contributed by atoms with E-state index >= 15 is 0 Å². The van der Waals surface area contributed by atoms with Gasteiger partial charge in [-0.05, 0) is 42.5 Å². The maximum atomic E-state index is 11.0. The molecule has 0 unspecified atom stereocenters. The van der Waals surface area contributed by atoms with E-state index in [1.54, 1.807) is 23.9 Å². The third-order valence-electron chi connectivity index (χ3n) is 4.47. The highest BCUT2D eigenvalue weighted by atomic mass is 16.6. The monoisotopic (exact) mass is 371 g/mol. The summed E-state index contributed by atoms with van der Waals surface area (Å²) in [5, 5.41) is 15.7. The summed E-state index contributed by atoms with van der Waals surface area (Å²) in [6, 6.07) is 26.0. The fraction of sp³-hybridized carbons (Fsp3) is 0.0455. The molecule has 6 nitrogen and oxygen atoms in total. The van der Waals surface area contributed by atoms with Gasteiger partial charge in [0.2, 0.25) is 0 Å². The molecular weight excluding hydrogens is 354 g/mol. The number of aromatic nitrogens is 2. The Morgan fingerprint density at radius 1 is 0.893 bits per heavy atom. The summed E-state index contributed by atoms with van der Waals surface area (Å²) in [6.45, 7) is 0. The number of rotatable bonds is 5. The van der Waals surface area contributed by atoms with Crippen molar-refractivity contribution in [2.45, 2.75) is 0 Å². The molecule has 0 spiro atoms. The molecule has 0 fully saturated rings. The van der Waals surface area contributed by atoms with E-state index in [1.165, 1.54) is 12.1 Å². The summed E-state index contributed by atoms with van der Waals surface area (Å²) in [5.41, 5.74) is 4.48. The minimum atomic E-state index is -0.409. The lowest BCUT2D eigenvalue weighted by molar-refractivity contribution is -0.384. The van der Waals surface area contributed by atoms with Crippen LogP contribution >= 0.6 is 0 Å². The van der Waals surface area contributed by atoms with Crippen LogP contribution < -0.4 is 4.74 Å². The number of ether oxygens (including phenoxy) is 1. The van der Waals surface area contributed by atoms with Gasteiger partial charge in [-0.15, -0.1) is 0 Å². The summed E-state index contributed by atoms with van der Waals surface area (Å²) in [6.07, 6.45) is 0. The van der Waals surface area contributed by atoms with Gasteiger partial charge in [0.05, 0.1) is 29.1 Å². The normalized spacial score (nSPS) is 10.6. The summed E-state index contributed by atoms with van der Waals surface area (Å²) in [5.74, 6) is 0.779.